The molecule has 0 unspecified atom stereocenters. The smallest absolute Gasteiger partial charge is 0.166 e. The zero-order valence-corrected chi connectivity index (χ0v) is 15.9. The summed E-state index contributed by atoms with van der Waals surface area (Å²) in [5.74, 6) is 1.63. The molecule has 1 aliphatic rings. The lowest BCUT2D eigenvalue weighted by molar-refractivity contribution is 0.258. The van der Waals surface area contributed by atoms with Gasteiger partial charge < -0.3 is 14.8 Å². The van der Waals surface area contributed by atoms with Gasteiger partial charge in [0.2, 0.25) is 0 Å². The number of nitrogens with one attached hydrogen (secondary N) is 1. The molecule has 0 amide bonds. The Labute approximate surface area is 157 Å². The number of likely N-dealkylation sites (N-methyl/N-ethyl adjacent to an activating group) is 1. The maximum atomic E-state index is 6.13. The molecule has 1 saturated heterocycles. The molecule has 1 aliphatic heterocycles. The van der Waals surface area contributed by atoms with E-state index in [0.717, 1.165) is 42.3 Å². The van der Waals surface area contributed by atoms with Gasteiger partial charge in [-0.2, -0.15) is 0 Å². The lowest BCUT2D eigenvalue weighted by Crippen LogP contribution is -2.37. The van der Waals surface area contributed by atoms with Crippen LogP contribution in [0.15, 0.2) is 48.5 Å². The van der Waals surface area contributed by atoms with Gasteiger partial charge in [0.1, 0.15) is 6.61 Å². The molecule has 0 aliphatic carbocycles. The number of nitrogens with zero attached hydrogens (tertiary/aromatic N) is 1. The number of ether oxygens (including phenoxy) is 2. The first kappa shape index (κ1) is 18.7. The molecule has 2 aromatic carbocycles. The van der Waals surface area contributed by atoms with E-state index in [1.165, 1.54) is 19.4 Å². The molecule has 0 radical (unpaired) electrons. The van der Waals surface area contributed by atoms with E-state index in [2.05, 4.69) is 35.3 Å². The standard InChI is InChI=1S/C22H30N2O2/c1-3-24-14-8-12-20(24)16-23-15-19-11-7-13-21(25-2)22(19)26-17-18-9-5-4-6-10-18/h4-7,9-11,13,20,23H,3,8,12,14-17H2,1-2H3/t20-/m1/s1. The van der Waals surface area contributed by atoms with Crippen LogP contribution in [0.1, 0.15) is 30.9 Å². The average Bonchev–Trinajstić information content (AvgIpc) is 3.15. The van der Waals surface area contributed by atoms with E-state index >= 15 is 0 Å². The van der Waals surface area contributed by atoms with Crippen LogP contribution in [0.3, 0.4) is 0 Å². The fourth-order valence-corrected chi connectivity index (χ4v) is 3.67. The molecule has 4 heteroatoms. The minimum atomic E-state index is 0.542. The van der Waals surface area contributed by atoms with Crippen LogP contribution in [-0.4, -0.2) is 37.7 Å². The van der Waals surface area contributed by atoms with Crippen molar-refractivity contribution in [2.45, 2.75) is 39.0 Å². The molecule has 0 saturated carbocycles. The fourth-order valence-electron chi connectivity index (χ4n) is 3.67. The number of benzene rings is 2. The minimum Gasteiger partial charge on any atom is -0.493 e. The molecule has 1 heterocycles. The van der Waals surface area contributed by atoms with Gasteiger partial charge in [0.25, 0.3) is 0 Å². The van der Waals surface area contributed by atoms with Crippen molar-refractivity contribution in [2.75, 3.05) is 26.7 Å². The van der Waals surface area contributed by atoms with Crippen LogP contribution in [0.2, 0.25) is 0 Å². The van der Waals surface area contributed by atoms with Gasteiger partial charge in [0, 0.05) is 24.7 Å². The van der Waals surface area contributed by atoms with Gasteiger partial charge in [0.15, 0.2) is 11.5 Å². The summed E-state index contributed by atoms with van der Waals surface area (Å²) in [7, 11) is 1.69. The van der Waals surface area contributed by atoms with Gasteiger partial charge in [-0.05, 0) is 37.6 Å². The van der Waals surface area contributed by atoms with Crippen molar-refractivity contribution >= 4 is 0 Å². The summed E-state index contributed by atoms with van der Waals surface area (Å²) in [5, 5.41) is 3.62. The first-order chi connectivity index (χ1) is 12.8. The Hall–Kier alpha value is -2.04. The number of rotatable bonds is 9. The SMILES string of the molecule is CCN1CCC[C@@H]1CNCc1cccc(OC)c1OCc1ccccc1. The van der Waals surface area contributed by atoms with Gasteiger partial charge in [-0.15, -0.1) is 0 Å². The van der Waals surface area contributed by atoms with Crippen molar-refractivity contribution in [1.29, 1.82) is 0 Å². The molecular formula is C22H30N2O2. The second kappa shape index (κ2) is 9.60. The first-order valence-corrected chi connectivity index (χ1v) is 9.59. The average molecular weight is 354 g/mol. The number of likely N-dealkylation sites (tertiary alicyclic amines) is 1. The zero-order valence-electron chi connectivity index (χ0n) is 15.9. The number of hydrogen-bond acceptors (Lipinski definition) is 4. The van der Waals surface area contributed by atoms with Crippen molar-refractivity contribution in [3.8, 4) is 11.5 Å². The molecule has 1 N–H and O–H groups in total. The van der Waals surface area contributed by atoms with E-state index < -0.39 is 0 Å². The Morgan fingerprint density at radius 1 is 1.12 bits per heavy atom. The van der Waals surface area contributed by atoms with E-state index in [-0.39, 0.29) is 0 Å². The van der Waals surface area contributed by atoms with Gasteiger partial charge in [-0.3, -0.25) is 4.90 Å². The Balaban J connectivity index is 1.62. The largest absolute Gasteiger partial charge is 0.493 e. The summed E-state index contributed by atoms with van der Waals surface area (Å²) in [4.78, 5) is 2.56. The molecule has 1 fully saturated rings. The Morgan fingerprint density at radius 2 is 1.96 bits per heavy atom. The van der Waals surface area contributed by atoms with E-state index in [1.54, 1.807) is 7.11 Å². The third-order valence-corrected chi connectivity index (χ3v) is 5.11. The van der Waals surface area contributed by atoms with E-state index in [1.807, 2.05) is 30.3 Å². The third kappa shape index (κ3) is 4.77. The molecular weight excluding hydrogens is 324 g/mol. The highest BCUT2D eigenvalue weighted by atomic mass is 16.5. The van der Waals surface area contributed by atoms with Crippen LogP contribution in [-0.2, 0) is 13.2 Å². The maximum absolute atomic E-state index is 6.13. The monoisotopic (exact) mass is 354 g/mol. The first-order valence-electron chi connectivity index (χ1n) is 9.59. The Bertz CT molecular complexity index is 675. The molecule has 3 rings (SSSR count). The predicted molar refractivity (Wildman–Crippen MR) is 106 cm³/mol. The number of methoxy groups -OCH3 is 1. The third-order valence-electron chi connectivity index (χ3n) is 5.11. The van der Waals surface area contributed by atoms with Crippen molar-refractivity contribution in [3.63, 3.8) is 0 Å². The number of para-hydroxylation sites is 1. The van der Waals surface area contributed by atoms with Crippen molar-refractivity contribution in [3.05, 3.63) is 59.7 Å². The normalized spacial score (nSPS) is 17.4. The second-order valence-electron chi connectivity index (χ2n) is 6.78. The molecule has 4 nitrogen and oxygen atoms in total. The fraction of sp³-hybridized carbons (Fsp3) is 0.455. The Kier molecular flexibility index (Phi) is 6.92. The van der Waals surface area contributed by atoms with E-state index in [0.29, 0.717) is 12.6 Å². The van der Waals surface area contributed by atoms with Crippen LogP contribution in [0.4, 0.5) is 0 Å². The summed E-state index contributed by atoms with van der Waals surface area (Å²) < 4.78 is 11.7. The van der Waals surface area contributed by atoms with Gasteiger partial charge in [-0.1, -0.05) is 49.4 Å². The molecule has 1 atom stereocenters. The molecule has 140 valence electrons. The predicted octanol–water partition coefficient (Wildman–Crippen LogP) is 3.85. The summed E-state index contributed by atoms with van der Waals surface area (Å²) >= 11 is 0. The summed E-state index contributed by atoms with van der Waals surface area (Å²) in [6, 6.07) is 17.0. The zero-order chi connectivity index (χ0) is 18.2. The van der Waals surface area contributed by atoms with Crippen molar-refractivity contribution < 1.29 is 9.47 Å². The lowest BCUT2D eigenvalue weighted by atomic mass is 10.1. The highest BCUT2D eigenvalue weighted by Gasteiger charge is 2.22. The minimum absolute atomic E-state index is 0.542. The van der Waals surface area contributed by atoms with Crippen LogP contribution < -0.4 is 14.8 Å². The topological polar surface area (TPSA) is 33.7 Å². The van der Waals surface area contributed by atoms with Crippen LogP contribution >= 0.6 is 0 Å². The molecule has 0 bridgehead atoms. The van der Waals surface area contributed by atoms with Gasteiger partial charge in [0.05, 0.1) is 7.11 Å². The number of hydrogen-bond donors (Lipinski definition) is 1. The second-order valence-corrected chi connectivity index (χ2v) is 6.78. The van der Waals surface area contributed by atoms with E-state index in [4.69, 9.17) is 9.47 Å². The molecule has 0 spiro atoms. The summed E-state index contributed by atoms with van der Waals surface area (Å²) in [6.07, 6.45) is 2.60. The van der Waals surface area contributed by atoms with Crippen LogP contribution in [0.5, 0.6) is 11.5 Å². The molecule has 26 heavy (non-hydrogen) atoms. The maximum Gasteiger partial charge on any atom is 0.166 e. The van der Waals surface area contributed by atoms with Gasteiger partial charge in [-0.25, -0.2) is 0 Å². The summed E-state index contributed by atoms with van der Waals surface area (Å²) in [6.45, 7) is 6.96. The molecule has 2 aromatic rings. The van der Waals surface area contributed by atoms with Crippen LogP contribution in [0.25, 0.3) is 0 Å². The van der Waals surface area contributed by atoms with Crippen molar-refractivity contribution in [1.82, 2.24) is 10.2 Å². The Morgan fingerprint density at radius 3 is 2.73 bits per heavy atom. The highest BCUT2D eigenvalue weighted by molar-refractivity contribution is 5.46. The van der Waals surface area contributed by atoms with Crippen molar-refractivity contribution in [2.24, 2.45) is 0 Å². The summed E-state index contributed by atoms with van der Waals surface area (Å²) in [5.41, 5.74) is 2.29. The highest BCUT2D eigenvalue weighted by Crippen LogP contribution is 2.32. The molecule has 0 aromatic heterocycles. The van der Waals surface area contributed by atoms with Gasteiger partial charge >= 0.3 is 0 Å². The quantitative estimate of drug-likeness (QED) is 0.742. The van der Waals surface area contributed by atoms with E-state index in [9.17, 15) is 0 Å². The lowest BCUT2D eigenvalue weighted by Gasteiger charge is -2.23. The van der Waals surface area contributed by atoms with Crippen LogP contribution in [0, 0.1) is 0 Å².